The highest BCUT2D eigenvalue weighted by atomic mass is 16.6. The number of unbranched alkanes of at least 4 members (excludes halogenated alkanes) is 20. The first-order valence-electron chi connectivity index (χ1n) is 22.2. The number of hydrogen-bond acceptors (Lipinski definition) is 7. The van der Waals surface area contributed by atoms with Gasteiger partial charge in [-0.2, -0.15) is 0 Å². The average Bonchev–Trinajstić information content (AvgIpc) is 3.14. The van der Waals surface area contributed by atoms with E-state index in [0.717, 1.165) is 64.2 Å². The number of nitrogens with zero attached hydrogens (tertiary/aromatic N) is 1. The standard InChI is InChI=1S/C47H83NO7/c1-6-8-10-12-14-16-18-20-21-22-23-24-26-27-29-31-33-35-37-45(49)54-42-43(41-53-40-39-44(47(51)52)48(3,4)5)55-46(50)38-36-34-32-30-28-25-19-17-15-13-11-9-7-2/h14,16,18,20-24,43-44H,6-13,15,17,19,25-42H2,1-5H3/b16-14+,20-18+,22-21+,24-23+. The molecule has 0 radical (unpaired) electrons. The van der Waals surface area contributed by atoms with Crippen LogP contribution in [0.25, 0.3) is 0 Å². The van der Waals surface area contributed by atoms with Crippen LogP contribution < -0.4 is 5.11 Å². The first kappa shape index (κ1) is 52.3. The van der Waals surface area contributed by atoms with E-state index in [2.05, 4.69) is 56.4 Å². The number of allylic oxidation sites excluding steroid dienone is 8. The molecule has 0 amide bonds. The van der Waals surface area contributed by atoms with Crippen molar-refractivity contribution in [3.05, 3.63) is 48.6 Å². The highest BCUT2D eigenvalue weighted by Gasteiger charge is 2.25. The molecule has 8 heteroatoms. The summed E-state index contributed by atoms with van der Waals surface area (Å²) in [6, 6.07) is -0.729. The molecule has 8 nitrogen and oxygen atoms in total. The van der Waals surface area contributed by atoms with Crippen LogP contribution in [0.1, 0.15) is 181 Å². The molecule has 0 spiro atoms. The topological polar surface area (TPSA) is 102 Å². The predicted molar refractivity (Wildman–Crippen MR) is 226 cm³/mol. The molecule has 0 aliphatic carbocycles. The third-order valence-corrected chi connectivity index (χ3v) is 9.81. The fourth-order valence-electron chi connectivity index (χ4n) is 6.32. The number of esters is 2. The van der Waals surface area contributed by atoms with Gasteiger partial charge in [0.1, 0.15) is 12.6 Å². The molecule has 318 valence electrons. The molecule has 0 fully saturated rings. The lowest BCUT2D eigenvalue weighted by atomic mass is 10.0. The second-order valence-corrected chi connectivity index (χ2v) is 16.0. The number of hydrogen-bond donors (Lipinski definition) is 0. The normalized spacial score (nSPS) is 13.4. The molecule has 0 saturated carbocycles. The summed E-state index contributed by atoms with van der Waals surface area (Å²) in [5, 5.41) is 11.6. The lowest BCUT2D eigenvalue weighted by Crippen LogP contribution is -2.55. The van der Waals surface area contributed by atoms with Gasteiger partial charge in [0.05, 0.1) is 40.3 Å². The van der Waals surface area contributed by atoms with Gasteiger partial charge in [0, 0.05) is 19.3 Å². The summed E-state index contributed by atoms with van der Waals surface area (Å²) < 4.78 is 17.1. The van der Waals surface area contributed by atoms with Crippen molar-refractivity contribution in [2.75, 3.05) is 41.0 Å². The van der Waals surface area contributed by atoms with Crippen LogP contribution in [0.5, 0.6) is 0 Å². The van der Waals surface area contributed by atoms with E-state index >= 15 is 0 Å². The summed E-state index contributed by atoms with van der Waals surface area (Å²) in [4.78, 5) is 36.8. The quantitative estimate of drug-likeness (QED) is 0.0265. The summed E-state index contributed by atoms with van der Waals surface area (Å²) >= 11 is 0. The number of carbonyl (C=O) groups is 3. The molecule has 0 rings (SSSR count). The SMILES string of the molecule is CCCCC/C=C/C=C/C=C/C=C/CCCCCCCC(=O)OCC(COCCC(C(=O)[O-])[N+](C)(C)C)OC(=O)CCCCCCCCCCCCCCC. The van der Waals surface area contributed by atoms with Gasteiger partial charge in [0.15, 0.2) is 6.10 Å². The van der Waals surface area contributed by atoms with Crippen LogP contribution in [0.4, 0.5) is 0 Å². The van der Waals surface area contributed by atoms with Crippen LogP contribution in [-0.2, 0) is 28.6 Å². The highest BCUT2D eigenvalue weighted by molar-refractivity contribution is 5.70. The van der Waals surface area contributed by atoms with E-state index in [1.165, 1.54) is 83.5 Å². The molecule has 0 aromatic rings. The Kier molecular flexibility index (Phi) is 36.3. The minimum Gasteiger partial charge on any atom is -0.544 e. The van der Waals surface area contributed by atoms with Crippen molar-refractivity contribution in [3.63, 3.8) is 0 Å². The van der Waals surface area contributed by atoms with Crippen molar-refractivity contribution in [3.8, 4) is 0 Å². The van der Waals surface area contributed by atoms with Crippen LogP contribution in [0.15, 0.2) is 48.6 Å². The minimum atomic E-state index is -1.13. The molecule has 2 atom stereocenters. The van der Waals surface area contributed by atoms with Crippen LogP contribution in [-0.4, -0.2) is 75.5 Å². The molecule has 0 aliphatic heterocycles. The highest BCUT2D eigenvalue weighted by Crippen LogP contribution is 2.14. The number of likely N-dealkylation sites (N-methyl/N-ethyl adjacent to an activating group) is 1. The lowest BCUT2D eigenvalue weighted by molar-refractivity contribution is -0.889. The summed E-state index contributed by atoms with van der Waals surface area (Å²) in [5.41, 5.74) is 0. The largest absolute Gasteiger partial charge is 0.544 e. The van der Waals surface area contributed by atoms with E-state index in [-0.39, 0.29) is 42.7 Å². The first-order valence-corrected chi connectivity index (χ1v) is 22.2. The van der Waals surface area contributed by atoms with Crippen molar-refractivity contribution in [1.82, 2.24) is 0 Å². The Labute approximate surface area is 337 Å². The van der Waals surface area contributed by atoms with Gasteiger partial charge in [0.25, 0.3) is 0 Å². The number of carbonyl (C=O) groups excluding carboxylic acids is 3. The van der Waals surface area contributed by atoms with Gasteiger partial charge in [-0.15, -0.1) is 0 Å². The Balaban J connectivity index is 4.38. The maximum Gasteiger partial charge on any atom is 0.306 e. The zero-order valence-electron chi connectivity index (χ0n) is 36.1. The van der Waals surface area contributed by atoms with Crippen molar-refractivity contribution in [2.45, 2.75) is 193 Å². The smallest absolute Gasteiger partial charge is 0.306 e. The fourth-order valence-corrected chi connectivity index (χ4v) is 6.32. The second kappa shape index (κ2) is 38.2. The van der Waals surface area contributed by atoms with Gasteiger partial charge in [-0.3, -0.25) is 9.59 Å². The molecule has 0 aliphatic rings. The molecule has 0 bridgehead atoms. The zero-order valence-corrected chi connectivity index (χ0v) is 36.1. The molecular weight excluding hydrogens is 691 g/mol. The third-order valence-electron chi connectivity index (χ3n) is 9.81. The number of rotatable bonds is 39. The maximum absolute atomic E-state index is 12.7. The van der Waals surface area contributed by atoms with Crippen molar-refractivity contribution in [2.24, 2.45) is 0 Å². The van der Waals surface area contributed by atoms with Gasteiger partial charge in [-0.1, -0.05) is 172 Å². The summed E-state index contributed by atoms with van der Waals surface area (Å²) in [7, 11) is 5.40. The van der Waals surface area contributed by atoms with Gasteiger partial charge < -0.3 is 28.6 Å². The van der Waals surface area contributed by atoms with Crippen molar-refractivity contribution < 1.29 is 38.2 Å². The van der Waals surface area contributed by atoms with Gasteiger partial charge in [0.2, 0.25) is 0 Å². The van der Waals surface area contributed by atoms with Gasteiger partial charge in [-0.25, -0.2) is 0 Å². The molecule has 0 saturated heterocycles. The van der Waals surface area contributed by atoms with Gasteiger partial charge in [-0.05, 0) is 38.5 Å². The molecule has 2 unspecified atom stereocenters. The zero-order chi connectivity index (χ0) is 40.7. The molecule has 0 N–H and O–H groups in total. The number of quaternary nitrogens is 1. The lowest BCUT2D eigenvalue weighted by Gasteiger charge is -2.34. The molecule has 0 aromatic carbocycles. The van der Waals surface area contributed by atoms with Crippen molar-refractivity contribution >= 4 is 17.9 Å². The number of carboxylic acid groups (broad SMARTS) is 1. The Bertz CT molecular complexity index is 1040. The Morgan fingerprint density at radius 1 is 0.545 bits per heavy atom. The number of ether oxygens (including phenoxy) is 3. The third kappa shape index (κ3) is 36.7. The van der Waals surface area contributed by atoms with Crippen LogP contribution >= 0.6 is 0 Å². The van der Waals surface area contributed by atoms with E-state index in [1.807, 2.05) is 6.08 Å². The molecular formula is C47H83NO7. The van der Waals surface area contributed by atoms with E-state index < -0.39 is 18.1 Å². The van der Waals surface area contributed by atoms with Gasteiger partial charge >= 0.3 is 11.9 Å². The van der Waals surface area contributed by atoms with E-state index in [4.69, 9.17) is 14.2 Å². The van der Waals surface area contributed by atoms with Crippen LogP contribution in [0.3, 0.4) is 0 Å². The molecule has 0 heterocycles. The summed E-state index contributed by atoms with van der Waals surface area (Å²) in [6.45, 7) is 4.60. The Morgan fingerprint density at radius 2 is 0.964 bits per heavy atom. The molecule has 0 aromatic heterocycles. The van der Waals surface area contributed by atoms with Crippen LogP contribution in [0, 0.1) is 0 Å². The summed E-state index contributed by atoms with van der Waals surface area (Å²) in [5.74, 6) is -1.76. The number of aliphatic carboxylic acids is 1. The molecule has 55 heavy (non-hydrogen) atoms. The van der Waals surface area contributed by atoms with E-state index in [1.54, 1.807) is 21.1 Å². The first-order chi connectivity index (χ1) is 26.6. The maximum atomic E-state index is 12.7. The monoisotopic (exact) mass is 774 g/mol. The van der Waals surface area contributed by atoms with E-state index in [0.29, 0.717) is 12.8 Å². The second-order valence-electron chi connectivity index (χ2n) is 16.0. The van der Waals surface area contributed by atoms with E-state index in [9.17, 15) is 19.5 Å². The van der Waals surface area contributed by atoms with Crippen LogP contribution in [0.2, 0.25) is 0 Å². The minimum absolute atomic E-state index is 0.0337. The number of carboxylic acids is 1. The fraction of sp³-hybridized carbons (Fsp3) is 0.766. The average molecular weight is 774 g/mol. The van der Waals surface area contributed by atoms with Crippen molar-refractivity contribution in [1.29, 1.82) is 0 Å². The Morgan fingerprint density at radius 3 is 1.45 bits per heavy atom. The Hall–Kier alpha value is -2.71. The predicted octanol–water partition coefficient (Wildman–Crippen LogP) is 10.7. The summed E-state index contributed by atoms with van der Waals surface area (Å²) in [6.07, 6.45) is 44.1.